The Bertz CT molecular complexity index is 433. The second-order valence-corrected chi connectivity index (χ2v) is 6.19. The molecule has 112 valence electrons. The van der Waals surface area contributed by atoms with E-state index in [2.05, 4.69) is 19.2 Å². The lowest BCUT2D eigenvalue weighted by Crippen LogP contribution is -2.28. The van der Waals surface area contributed by atoms with Crippen molar-refractivity contribution in [3.63, 3.8) is 0 Å². The Morgan fingerprint density at radius 2 is 2.20 bits per heavy atom. The highest BCUT2D eigenvalue weighted by molar-refractivity contribution is 5.41. The molecule has 1 saturated carbocycles. The van der Waals surface area contributed by atoms with Crippen molar-refractivity contribution in [3.05, 3.63) is 23.8 Å². The molecule has 0 bridgehead atoms. The first-order chi connectivity index (χ1) is 9.60. The average molecular weight is 277 g/mol. The van der Waals surface area contributed by atoms with Gasteiger partial charge in [-0.2, -0.15) is 0 Å². The molecule has 0 aromatic heterocycles. The third-order valence-electron chi connectivity index (χ3n) is 4.46. The van der Waals surface area contributed by atoms with Crippen LogP contribution in [0.25, 0.3) is 0 Å². The second-order valence-electron chi connectivity index (χ2n) is 6.19. The Balaban J connectivity index is 1.92. The van der Waals surface area contributed by atoms with Gasteiger partial charge in [-0.15, -0.1) is 0 Å². The summed E-state index contributed by atoms with van der Waals surface area (Å²) in [5, 5.41) is 13.6. The molecule has 0 aliphatic heterocycles. The predicted molar refractivity (Wildman–Crippen MR) is 82.2 cm³/mol. The Hall–Kier alpha value is -1.22. The van der Waals surface area contributed by atoms with Gasteiger partial charge >= 0.3 is 0 Å². The van der Waals surface area contributed by atoms with Crippen molar-refractivity contribution < 1.29 is 9.84 Å². The van der Waals surface area contributed by atoms with Crippen LogP contribution in [0.1, 0.15) is 51.1 Å². The van der Waals surface area contributed by atoms with Gasteiger partial charge in [0.05, 0.1) is 7.11 Å². The quantitative estimate of drug-likeness (QED) is 0.858. The van der Waals surface area contributed by atoms with Crippen molar-refractivity contribution in [1.29, 1.82) is 0 Å². The predicted octanol–water partition coefficient (Wildman–Crippen LogP) is 3.88. The Kier molecular flexibility index (Phi) is 5.30. The number of ether oxygens (including phenoxy) is 1. The minimum atomic E-state index is 0.141. The lowest BCUT2D eigenvalue weighted by molar-refractivity contribution is 0.268. The standard InChI is InChI=1S/C17H27NO2/c1-12-5-4-6-14(9-12)11-18-13(2)16-10-15(20-3)7-8-17(16)19/h7-8,10,12-14,18-19H,4-6,9,11H2,1-3H3. The number of hydrogen-bond donors (Lipinski definition) is 2. The van der Waals surface area contributed by atoms with Crippen molar-refractivity contribution in [1.82, 2.24) is 5.32 Å². The average Bonchev–Trinajstić information content (AvgIpc) is 2.45. The molecule has 0 amide bonds. The first kappa shape index (κ1) is 15.2. The van der Waals surface area contributed by atoms with Crippen LogP contribution in [0, 0.1) is 11.8 Å². The maximum Gasteiger partial charge on any atom is 0.120 e. The summed E-state index contributed by atoms with van der Waals surface area (Å²) in [5.74, 6) is 2.76. The van der Waals surface area contributed by atoms with E-state index < -0.39 is 0 Å². The van der Waals surface area contributed by atoms with E-state index in [1.807, 2.05) is 6.07 Å². The van der Waals surface area contributed by atoms with E-state index in [1.54, 1.807) is 19.2 Å². The van der Waals surface area contributed by atoms with Crippen LogP contribution < -0.4 is 10.1 Å². The van der Waals surface area contributed by atoms with Gasteiger partial charge in [-0.3, -0.25) is 0 Å². The van der Waals surface area contributed by atoms with E-state index >= 15 is 0 Å². The Morgan fingerprint density at radius 1 is 1.40 bits per heavy atom. The molecular formula is C17H27NO2. The van der Waals surface area contributed by atoms with Gasteiger partial charge in [0.25, 0.3) is 0 Å². The van der Waals surface area contributed by atoms with E-state index in [-0.39, 0.29) is 6.04 Å². The highest BCUT2D eigenvalue weighted by Gasteiger charge is 2.20. The normalized spacial score (nSPS) is 24.4. The number of phenolic OH excluding ortho intramolecular Hbond substituents is 1. The van der Waals surface area contributed by atoms with Crippen LogP contribution in [0.2, 0.25) is 0 Å². The molecule has 1 aromatic carbocycles. The van der Waals surface area contributed by atoms with E-state index in [0.717, 1.165) is 29.7 Å². The molecule has 0 saturated heterocycles. The fourth-order valence-corrected chi connectivity index (χ4v) is 3.20. The lowest BCUT2D eigenvalue weighted by atomic mass is 9.82. The summed E-state index contributed by atoms with van der Waals surface area (Å²) in [6, 6.07) is 5.54. The molecular weight excluding hydrogens is 250 g/mol. The summed E-state index contributed by atoms with van der Waals surface area (Å²) in [5.41, 5.74) is 0.910. The Morgan fingerprint density at radius 3 is 2.90 bits per heavy atom. The van der Waals surface area contributed by atoms with Crippen LogP contribution >= 0.6 is 0 Å². The van der Waals surface area contributed by atoms with E-state index in [9.17, 15) is 5.11 Å². The summed E-state index contributed by atoms with van der Waals surface area (Å²) in [6.07, 6.45) is 5.38. The van der Waals surface area contributed by atoms with Gasteiger partial charge in [0.2, 0.25) is 0 Å². The van der Waals surface area contributed by atoms with E-state index in [1.165, 1.54) is 25.7 Å². The number of aromatic hydroxyl groups is 1. The number of methoxy groups -OCH3 is 1. The molecule has 1 aliphatic rings. The molecule has 1 fully saturated rings. The van der Waals surface area contributed by atoms with E-state index in [4.69, 9.17) is 4.74 Å². The zero-order valence-corrected chi connectivity index (χ0v) is 12.9. The number of phenols is 1. The van der Waals surface area contributed by atoms with Crippen molar-refractivity contribution in [3.8, 4) is 11.5 Å². The van der Waals surface area contributed by atoms with Crippen LogP contribution in [0.3, 0.4) is 0 Å². The minimum absolute atomic E-state index is 0.141. The maximum absolute atomic E-state index is 9.98. The van der Waals surface area contributed by atoms with Crippen molar-refractivity contribution in [2.24, 2.45) is 11.8 Å². The third-order valence-corrected chi connectivity index (χ3v) is 4.46. The van der Waals surface area contributed by atoms with Crippen molar-refractivity contribution >= 4 is 0 Å². The molecule has 2 N–H and O–H groups in total. The second kappa shape index (κ2) is 6.98. The van der Waals surface area contributed by atoms with Gasteiger partial charge in [-0.05, 0) is 56.3 Å². The lowest BCUT2D eigenvalue weighted by Gasteiger charge is -2.28. The highest BCUT2D eigenvalue weighted by Crippen LogP contribution is 2.30. The van der Waals surface area contributed by atoms with Crippen LogP contribution in [0.5, 0.6) is 11.5 Å². The molecule has 3 heteroatoms. The molecule has 3 atom stereocenters. The molecule has 20 heavy (non-hydrogen) atoms. The van der Waals surface area contributed by atoms with Crippen LogP contribution in [-0.2, 0) is 0 Å². The fourth-order valence-electron chi connectivity index (χ4n) is 3.20. The van der Waals surface area contributed by atoms with Gasteiger partial charge in [-0.25, -0.2) is 0 Å². The van der Waals surface area contributed by atoms with Crippen molar-refractivity contribution in [2.75, 3.05) is 13.7 Å². The van der Waals surface area contributed by atoms with Crippen LogP contribution in [-0.4, -0.2) is 18.8 Å². The third kappa shape index (κ3) is 3.89. The number of rotatable bonds is 5. The van der Waals surface area contributed by atoms with Crippen molar-refractivity contribution in [2.45, 2.75) is 45.6 Å². The van der Waals surface area contributed by atoms with Crippen LogP contribution in [0.15, 0.2) is 18.2 Å². The van der Waals surface area contributed by atoms with E-state index in [0.29, 0.717) is 5.75 Å². The monoisotopic (exact) mass is 277 g/mol. The summed E-state index contributed by atoms with van der Waals surface area (Å²) in [7, 11) is 1.65. The van der Waals surface area contributed by atoms with Gasteiger partial charge < -0.3 is 15.2 Å². The molecule has 0 radical (unpaired) electrons. The largest absolute Gasteiger partial charge is 0.508 e. The first-order valence-electron chi connectivity index (χ1n) is 7.70. The molecule has 0 heterocycles. The summed E-state index contributed by atoms with van der Waals surface area (Å²) in [4.78, 5) is 0. The smallest absolute Gasteiger partial charge is 0.120 e. The highest BCUT2D eigenvalue weighted by atomic mass is 16.5. The molecule has 3 nitrogen and oxygen atoms in total. The maximum atomic E-state index is 9.98. The van der Waals surface area contributed by atoms with Gasteiger partial charge in [0.1, 0.15) is 11.5 Å². The van der Waals surface area contributed by atoms with Gasteiger partial charge in [0, 0.05) is 11.6 Å². The van der Waals surface area contributed by atoms with Gasteiger partial charge in [-0.1, -0.05) is 19.8 Å². The zero-order valence-electron chi connectivity index (χ0n) is 12.9. The number of benzene rings is 1. The molecule has 3 unspecified atom stereocenters. The zero-order chi connectivity index (χ0) is 14.5. The summed E-state index contributed by atoms with van der Waals surface area (Å²) in [6.45, 7) is 5.48. The summed E-state index contributed by atoms with van der Waals surface area (Å²) < 4.78 is 5.23. The van der Waals surface area contributed by atoms with Crippen LogP contribution in [0.4, 0.5) is 0 Å². The first-order valence-corrected chi connectivity index (χ1v) is 7.70. The SMILES string of the molecule is COc1ccc(O)c(C(C)NCC2CCCC(C)C2)c1. The topological polar surface area (TPSA) is 41.5 Å². The molecule has 1 aromatic rings. The number of hydrogen-bond acceptors (Lipinski definition) is 3. The van der Waals surface area contributed by atoms with Gasteiger partial charge in [0.15, 0.2) is 0 Å². The number of nitrogens with one attached hydrogen (secondary N) is 1. The molecule has 2 rings (SSSR count). The Labute approximate surface area is 122 Å². The fraction of sp³-hybridized carbons (Fsp3) is 0.647. The summed E-state index contributed by atoms with van der Waals surface area (Å²) >= 11 is 0. The minimum Gasteiger partial charge on any atom is -0.508 e. The molecule has 0 spiro atoms. The molecule has 1 aliphatic carbocycles.